The van der Waals surface area contributed by atoms with Gasteiger partial charge >= 0.3 is 12.1 Å². The van der Waals surface area contributed by atoms with E-state index in [1.165, 1.54) is 5.56 Å². The minimum Gasteiger partial charge on any atom is -0.475 e. The summed E-state index contributed by atoms with van der Waals surface area (Å²) in [6.07, 6.45) is -4.33. The van der Waals surface area contributed by atoms with Crippen LogP contribution >= 0.6 is 0 Å². The Bertz CT molecular complexity index is 1080. The van der Waals surface area contributed by atoms with Crippen molar-refractivity contribution in [3.05, 3.63) is 83.4 Å². The number of fused-ring (bicyclic) bond motifs is 1. The molecule has 0 radical (unpaired) electrons. The van der Waals surface area contributed by atoms with E-state index >= 15 is 0 Å². The summed E-state index contributed by atoms with van der Waals surface area (Å²) in [4.78, 5) is 8.90. The Morgan fingerprint density at radius 2 is 1.59 bits per heavy atom. The highest BCUT2D eigenvalue weighted by Crippen LogP contribution is 2.17. The Hall–Kier alpha value is -3.79. The van der Waals surface area contributed by atoms with Crippen LogP contribution in [0.15, 0.2) is 66.7 Å². The number of carboxylic acids is 1. The number of aliphatic carboxylic acids is 1. The lowest BCUT2D eigenvalue weighted by Crippen LogP contribution is -2.21. The molecule has 0 spiro atoms. The molecule has 0 bridgehead atoms. The zero-order chi connectivity index (χ0) is 21.4. The van der Waals surface area contributed by atoms with Crippen LogP contribution in [-0.2, 0) is 11.2 Å². The molecular formula is C22H17F3N2O2. The number of hydrogen-bond acceptors (Lipinski definition) is 2. The summed E-state index contributed by atoms with van der Waals surface area (Å²) in [7, 11) is 0. The van der Waals surface area contributed by atoms with Crippen molar-refractivity contribution >= 4 is 22.6 Å². The van der Waals surface area contributed by atoms with Gasteiger partial charge in [-0.25, -0.2) is 4.79 Å². The molecule has 0 aliphatic rings. The summed E-state index contributed by atoms with van der Waals surface area (Å²) in [5.41, 5.74) is 8.49. The SMILES string of the molecule is N=C(N)c1ccc2cc(C#CCc3ccccc3)ccc2c1.O=C(O)C(F)(F)F. The number of nitrogens with one attached hydrogen (secondary N) is 1. The van der Waals surface area contributed by atoms with E-state index in [-0.39, 0.29) is 5.84 Å². The lowest BCUT2D eigenvalue weighted by molar-refractivity contribution is -0.192. The smallest absolute Gasteiger partial charge is 0.475 e. The molecule has 29 heavy (non-hydrogen) atoms. The maximum Gasteiger partial charge on any atom is 0.490 e. The van der Waals surface area contributed by atoms with E-state index in [4.69, 9.17) is 21.0 Å². The van der Waals surface area contributed by atoms with E-state index in [9.17, 15) is 13.2 Å². The van der Waals surface area contributed by atoms with Crippen LogP contribution in [-0.4, -0.2) is 23.1 Å². The topological polar surface area (TPSA) is 87.2 Å². The van der Waals surface area contributed by atoms with Crippen LogP contribution in [0.2, 0.25) is 0 Å². The summed E-state index contributed by atoms with van der Waals surface area (Å²) in [6.45, 7) is 0. The maximum absolute atomic E-state index is 10.6. The summed E-state index contributed by atoms with van der Waals surface area (Å²) in [5.74, 6) is 3.75. The van der Waals surface area contributed by atoms with Gasteiger partial charge in [-0.15, -0.1) is 0 Å². The van der Waals surface area contributed by atoms with Crippen molar-refractivity contribution < 1.29 is 23.1 Å². The van der Waals surface area contributed by atoms with Gasteiger partial charge in [-0.1, -0.05) is 60.4 Å². The molecule has 0 aliphatic carbocycles. The van der Waals surface area contributed by atoms with Crippen molar-refractivity contribution in [1.82, 2.24) is 0 Å². The molecule has 0 fully saturated rings. The number of carbonyl (C=O) groups is 1. The largest absolute Gasteiger partial charge is 0.490 e. The second-order valence-electron chi connectivity index (χ2n) is 5.96. The number of rotatable bonds is 2. The third-order valence-electron chi connectivity index (χ3n) is 3.76. The lowest BCUT2D eigenvalue weighted by Gasteiger charge is -2.02. The fourth-order valence-electron chi connectivity index (χ4n) is 2.34. The van der Waals surface area contributed by atoms with Gasteiger partial charge in [0.2, 0.25) is 0 Å². The summed E-state index contributed by atoms with van der Waals surface area (Å²) < 4.78 is 31.7. The molecule has 4 nitrogen and oxygen atoms in total. The predicted molar refractivity (Wildman–Crippen MR) is 106 cm³/mol. The standard InChI is InChI=1S/C20H16N2.C2HF3O2/c21-20(22)19-12-11-17-13-16(9-10-18(17)14-19)8-4-7-15-5-2-1-3-6-15;3-2(4,5)1(6)7/h1-3,5-6,9-14H,7H2,(H3,21,22);(H,6,7). The quantitative estimate of drug-likeness (QED) is 0.341. The highest BCUT2D eigenvalue weighted by Gasteiger charge is 2.38. The van der Waals surface area contributed by atoms with Crippen LogP contribution in [0.4, 0.5) is 13.2 Å². The van der Waals surface area contributed by atoms with E-state index in [0.29, 0.717) is 0 Å². The summed E-state index contributed by atoms with van der Waals surface area (Å²) >= 11 is 0. The molecule has 0 atom stereocenters. The van der Waals surface area contributed by atoms with Crippen molar-refractivity contribution in [1.29, 1.82) is 5.41 Å². The zero-order valence-electron chi connectivity index (χ0n) is 15.1. The van der Waals surface area contributed by atoms with Crippen molar-refractivity contribution in [2.75, 3.05) is 0 Å². The summed E-state index contributed by atoms with van der Waals surface area (Å²) in [6, 6.07) is 22.1. The van der Waals surface area contributed by atoms with Crippen molar-refractivity contribution in [2.24, 2.45) is 5.73 Å². The number of carboxylic acid groups (broad SMARTS) is 1. The highest BCUT2D eigenvalue weighted by atomic mass is 19.4. The molecular weight excluding hydrogens is 381 g/mol. The van der Waals surface area contributed by atoms with Crippen molar-refractivity contribution in [2.45, 2.75) is 12.6 Å². The van der Waals surface area contributed by atoms with Crippen LogP contribution in [0, 0.1) is 17.3 Å². The number of hydrogen-bond donors (Lipinski definition) is 3. The van der Waals surface area contributed by atoms with E-state index in [1.807, 2.05) is 48.5 Å². The molecule has 148 valence electrons. The second kappa shape index (κ2) is 9.42. The minimum atomic E-state index is -5.08. The third-order valence-corrected chi connectivity index (χ3v) is 3.76. The van der Waals surface area contributed by atoms with Crippen molar-refractivity contribution in [3.63, 3.8) is 0 Å². The van der Waals surface area contributed by atoms with Gasteiger partial charge in [-0.2, -0.15) is 13.2 Å². The van der Waals surface area contributed by atoms with Gasteiger partial charge in [-0.05, 0) is 34.5 Å². The third kappa shape index (κ3) is 6.70. The molecule has 0 aliphatic heterocycles. The first-order chi connectivity index (χ1) is 13.7. The molecule has 0 aromatic heterocycles. The zero-order valence-corrected chi connectivity index (χ0v) is 15.1. The molecule has 0 heterocycles. The van der Waals surface area contributed by atoms with Gasteiger partial charge in [0.15, 0.2) is 0 Å². The van der Waals surface area contributed by atoms with E-state index < -0.39 is 12.1 Å². The molecule has 7 heteroatoms. The van der Waals surface area contributed by atoms with Crippen LogP contribution in [0.25, 0.3) is 10.8 Å². The summed E-state index contributed by atoms with van der Waals surface area (Å²) in [5, 5.41) is 16.8. The number of nitrogen functional groups attached to an aromatic ring is 1. The molecule has 3 rings (SSSR count). The van der Waals surface area contributed by atoms with E-state index in [0.717, 1.165) is 28.3 Å². The Balaban J connectivity index is 0.000000370. The number of halogens is 3. The molecule has 0 amide bonds. The predicted octanol–water partition coefficient (Wildman–Crippen LogP) is 4.35. The Kier molecular flexibility index (Phi) is 6.99. The van der Waals surface area contributed by atoms with Gasteiger partial charge in [0.05, 0.1) is 0 Å². The fourth-order valence-corrected chi connectivity index (χ4v) is 2.34. The Labute approximate surface area is 165 Å². The lowest BCUT2D eigenvalue weighted by atomic mass is 10.0. The first-order valence-corrected chi connectivity index (χ1v) is 8.38. The van der Waals surface area contributed by atoms with Gasteiger partial charge < -0.3 is 10.8 Å². The van der Waals surface area contributed by atoms with Crippen LogP contribution in [0.3, 0.4) is 0 Å². The van der Waals surface area contributed by atoms with E-state index in [1.54, 1.807) is 0 Å². The van der Waals surface area contributed by atoms with Crippen molar-refractivity contribution in [3.8, 4) is 11.8 Å². The number of benzene rings is 3. The second-order valence-corrected chi connectivity index (χ2v) is 5.96. The molecule has 3 aromatic carbocycles. The average Bonchev–Trinajstić information content (AvgIpc) is 2.68. The van der Waals surface area contributed by atoms with Gasteiger partial charge in [-0.3, -0.25) is 5.41 Å². The van der Waals surface area contributed by atoms with Crippen LogP contribution in [0.5, 0.6) is 0 Å². The maximum atomic E-state index is 10.6. The Morgan fingerprint density at radius 3 is 2.17 bits per heavy atom. The van der Waals surface area contributed by atoms with Crippen LogP contribution in [0.1, 0.15) is 16.7 Å². The average molecular weight is 398 g/mol. The molecule has 0 unspecified atom stereocenters. The first kappa shape index (κ1) is 21.5. The Morgan fingerprint density at radius 1 is 1.00 bits per heavy atom. The van der Waals surface area contributed by atoms with Gasteiger partial charge in [0.1, 0.15) is 5.84 Å². The number of nitrogens with two attached hydrogens (primary N) is 1. The minimum absolute atomic E-state index is 0.0913. The molecule has 3 aromatic rings. The molecule has 0 saturated carbocycles. The van der Waals surface area contributed by atoms with Gasteiger partial charge in [0.25, 0.3) is 0 Å². The number of alkyl halides is 3. The monoisotopic (exact) mass is 398 g/mol. The molecule has 0 saturated heterocycles. The van der Waals surface area contributed by atoms with Crippen LogP contribution < -0.4 is 5.73 Å². The number of amidine groups is 1. The fraction of sp³-hybridized carbons (Fsp3) is 0.0909. The highest BCUT2D eigenvalue weighted by molar-refractivity contribution is 5.99. The molecule has 4 N–H and O–H groups in total. The normalized spacial score (nSPS) is 10.3. The van der Waals surface area contributed by atoms with Gasteiger partial charge in [0, 0.05) is 17.5 Å². The first-order valence-electron chi connectivity index (χ1n) is 8.38. The van der Waals surface area contributed by atoms with E-state index in [2.05, 4.69) is 30.0 Å².